The van der Waals surface area contributed by atoms with E-state index >= 15 is 0 Å². The number of allylic oxidation sites excluding steroid dienone is 1. The van der Waals surface area contributed by atoms with Gasteiger partial charge in [-0.3, -0.25) is 0 Å². The molecule has 0 bridgehead atoms. The number of hydrogen-bond donors (Lipinski definition) is 0. The van der Waals surface area contributed by atoms with Crippen molar-refractivity contribution < 1.29 is 43.0 Å². The predicted molar refractivity (Wildman–Crippen MR) is 188 cm³/mol. The first-order chi connectivity index (χ1) is 20.1. The lowest BCUT2D eigenvalue weighted by Gasteiger charge is -2.24. The molecule has 1 aromatic heterocycles. The van der Waals surface area contributed by atoms with Crippen molar-refractivity contribution in [2.45, 2.75) is 65.2 Å². The summed E-state index contributed by atoms with van der Waals surface area (Å²) in [7, 11) is 6.84. The van der Waals surface area contributed by atoms with Crippen LogP contribution in [0.25, 0.3) is 18.2 Å². The molecular formula is C38H53Br2N3S. The van der Waals surface area contributed by atoms with Gasteiger partial charge < -0.3 is 43.3 Å². The van der Waals surface area contributed by atoms with E-state index in [1.54, 1.807) is 0 Å². The van der Waals surface area contributed by atoms with E-state index in [0.29, 0.717) is 0 Å². The van der Waals surface area contributed by atoms with Gasteiger partial charge in [-0.1, -0.05) is 63.1 Å². The number of nitrogens with zero attached hydrogens (tertiary/aromatic N) is 3. The van der Waals surface area contributed by atoms with Crippen LogP contribution in [0.3, 0.4) is 0 Å². The summed E-state index contributed by atoms with van der Waals surface area (Å²) in [4.78, 5) is 5.12. The lowest BCUT2D eigenvalue weighted by atomic mass is 9.81. The summed E-state index contributed by atoms with van der Waals surface area (Å²) < 4.78 is 3.56. The second kappa shape index (κ2) is 17.6. The molecule has 0 saturated carbocycles. The van der Waals surface area contributed by atoms with Gasteiger partial charge in [0.2, 0.25) is 5.69 Å². The number of quaternary nitrogens is 1. The molecule has 44 heavy (non-hydrogen) atoms. The number of hydrogen-bond acceptors (Lipinski definition) is 2. The minimum absolute atomic E-state index is 0. The number of anilines is 1. The van der Waals surface area contributed by atoms with E-state index in [4.69, 9.17) is 0 Å². The average molecular weight is 744 g/mol. The van der Waals surface area contributed by atoms with Crippen LogP contribution < -0.4 is 38.9 Å². The molecule has 3 aromatic rings. The van der Waals surface area contributed by atoms with Crippen molar-refractivity contribution in [1.82, 2.24) is 0 Å². The van der Waals surface area contributed by atoms with Crippen LogP contribution in [0.1, 0.15) is 80.7 Å². The molecule has 0 atom stereocenters. The van der Waals surface area contributed by atoms with Crippen LogP contribution in [0.2, 0.25) is 0 Å². The summed E-state index contributed by atoms with van der Waals surface area (Å²) in [5.41, 5.74) is 6.76. The second-order valence-electron chi connectivity index (χ2n) is 13.2. The van der Waals surface area contributed by atoms with E-state index in [1.165, 1.54) is 63.7 Å². The molecule has 0 aliphatic carbocycles. The summed E-state index contributed by atoms with van der Waals surface area (Å²) >= 11 is 1.85. The van der Waals surface area contributed by atoms with Gasteiger partial charge in [-0.2, -0.15) is 4.58 Å². The minimum Gasteiger partial charge on any atom is -1.00 e. The zero-order valence-electron chi connectivity index (χ0n) is 28.0. The highest BCUT2D eigenvalue weighted by molar-refractivity contribution is 7.13. The van der Waals surface area contributed by atoms with Crippen molar-refractivity contribution in [3.8, 4) is 0 Å². The van der Waals surface area contributed by atoms with Gasteiger partial charge in [0.15, 0.2) is 12.3 Å². The molecule has 0 saturated heterocycles. The molecule has 2 heterocycles. The molecule has 3 nitrogen and oxygen atoms in total. The number of para-hydroxylation sites is 1. The molecule has 0 amide bonds. The number of halogens is 2. The van der Waals surface area contributed by atoms with Crippen molar-refractivity contribution in [3.05, 3.63) is 87.6 Å². The van der Waals surface area contributed by atoms with Gasteiger partial charge in [-0.15, -0.1) is 11.3 Å². The Hall–Kier alpha value is -1.99. The molecule has 0 fully saturated rings. The fourth-order valence-electron chi connectivity index (χ4n) is 5.84. The molecule has 0 radical (unpaired) electrons. The third-order valence-electron chi connectivity index (χ3n) is 8.32. The molecule has 6 heteroatoms. The van der Waals surface area contributed by atoms with Crippen molar-refractivity contribution >= 4 is 46.7 Å². The smallest absolute Gasteiger partial charge is 0.209 e. The summed E-state index contributed by atoms with van der Waals surface area (Å²) in [5, 5.41) is 0. The Kier molecular flexibility index (Phi) is 15.3. The van der Waals surface area contributed by atoms with E-state index in [0.717, 1.165) is 37.1 Å². The standard InChI is InChI=1S/C38H53N3S.2BrH/c1-8-10-27-39(28-11-9-2)32-20-17-31(18-21-32)19-22-33-23-24-34(42-33)25-26-37-38(3,4)35-15-12-13-16-36(35)40(37)29-14-30-41(5,6)7;;/h12-13,15-26H,8-11,14,27-30H2,1-7H3;2*1H/q+2;;/p-2. The monoisotopic (exact) mass is 741 g/mol. The van der Waals surface area contributed by atoms with Gasteiger partial charge in [-0.25, -0.2) is 0 Å². The van der Waals surface area contributed by atoms with Crippen molar-refractivity contribution in [2.75, 3.05) is 52.2 Å². The number of fused-ring (bicyclic) bond motifs is 1. The van der Waals surface area contributed by atoms with E-state index < -0.39 is 0 Å². The van der Waals surface area contributed by atoms with Gasteiger partial charge in [0.1, 0.15) is 0 Å². The van der Waals surface area contributed by atoms with Crippen LogP contribution in [-0.4, -0.2) is 62.1 Å². The summed E-state index contributed by atoms with van der Waals surface area (Å²) in [6.45, 7) is 13.8. The Morgan fingerprint density at radius 1 is 0.750 bits per heavy atom. The Bertz CT molecular complexity index is 1390. The Balaban J connectivity index is 0.00000337. The predicted octanol–water partition coefficient (Wildman–Crippen LogP) is 3.52. The highest BCUT2D eigenvalue weighted by Gasteiger charge is 2.43. The van der Waals surface area contributed by atoms with Gasteiger partial charge >= 0.3 is 0 Å². The van der Waals surface area contributed by atoms with Crippen LogP contribution in [0.15, 0.2) is 66.7 Å². The summed E-state index contributed by atoms with van der Waals surface area (Å²) in [6, 6.07) is 22.5. The molecule has 240 valence electrons. The summed E-state index contributed by atoms with van der Waals surface area (Å²) in [5.74, 6) is 0. The second-order valence-corrected chi connectivity index (χ2v) is 14.4. The molecule has 4 rings (SSSR count). The van der Waals surface area contributed by atoms with Crippen LogP contribution in [0.5, 0.6) is 0 Å². The molecule has 1 aliphatic heterocycles. The molecule has 2 aromatic carbocycles. The van der Waals surface area contributed by atoms with E-state index in [2.05, 4.69) is 143 Å². The van der Waals surface area contributed by atoms with Gasteiger partial charge in [0.05, 0.1) is 39.5 Å². The van der Waals surface area contributed by atoms with Gasteiger partial charge in [0, 0.05) is 46.2 Å². The zero-order chi connectivity index (χ0) is 30.2. The quantitative estimate of drug-likeness (QED) is 0.171. The first kappa shape index (κ1) is 38.2. The van der Waals surface area contributed by atoms with Crippen LogP contribution in [0.4, 0.5) is 11.4 Å². The minimum atomic E-state index is -0.0154. The highest BCUT2D eigenvalue weighted by atomic mass is 79.9. The lowest BCUT2D eigenvalue weighted by Crippen LogP contribution is -3.00. The van der Waals surface area contributed by atoms with Crippen LogP contribution >= 0.6 is 11.3 Å². The van der Waals surface area contributed by atoms with Gasteiger partial charge in [-0.05, 0) is 68.7 Å². The number of benzene rings is 2. The third-order valence-corrected chi connectivity index (χ3v) is 9.34. The van der Waals surface area contributed by atoms with E-state index in [1.807, 2.05) is 11.3 Å². The van der Waals surface area contributed by atoms with Crippen molar-refractivity contribution in [2.24, 2.45) is 0 Å². The zero-order valence-corrected chi connectivity index (χ0v) is 31.9. The largest absolute Gasteiger partial charge is 1.00 e. The first-order valence-electron chi connectivity index (χ1n) is 16.0. The number of unbranched alkanes of at least 4 members (excludes halogenated alkanes) is 2. The van der Waals surface area contributed by atoms with Gasteiger partial charge in [0.25, 0.3) is 0 Å². The lowest BCUT2D eigenvalue weighted by molar-refractivity contribution is -0.871. The fourth-order valence-corrected chi connectivity index (χ4v) is 6.65. The first-order valence-corrected chi connectivity index (χ1v) is 16.8. The van der Waals surface area contributed by atoms with E-state index in [9.17, 15) is 0 Å². The SMILES string of the molecule is CCCCN(CCCC)c1ccc(/C=C/c2ccc(/C=C/C3=[N+](CCC[N+](C)(C)C)c4ccccc4C3(C)C)s2)cc1.[Br-].[Br-]. The maximum absolute atomic E-state index is 2.56. The van der Waals surface area contributed by atoms with Crippen LogP contribution in [0, 0.1) is 0 Å². The maximum Gasteiger partial charge on any atom is 0.209 e. The summed E-state index contributed by atoms with van der Waals surface area (Å²) in [6.07, 6.45) is 15.3. The third kappa shape index (κ3) is 10.3. The molecule has 0 unspecified atom stereocenters. The topological polar surface area (TPSA) is 6.25 Å². The number of thiophene rings is 1. The number of rotatable bonds is 15. The fraction of sp³-hybridized carbons (Fsp3) is 0.447. The maximum atomic E-state index is 2.56. The van der Waals surface area contributed by atoms with Crippen molar-refractivity contribution in [1.29, 1.82) is 0 Å². The van der Waals surface area contributed by atoms with E-state index in [-0.39, 0.29) is 39.4 Å². The van der Waals surface area contributed by atoms with Crippen molar-refractivity contribution in [3.63, 3.8) is 0 Å². The molecule has 1 aliphatic rings. The molecular weight excluding hydrogens is 690 g/mol. The normalized spacial score (nSPS) is 14.2. The Morgan fingerprint density at radius 3 is 1.93 bits per heavy atom. The molecule has 0 spiro atoms. The Labute approximate surface area is 293 Å². The highest BCUT2D eigenvalue weighted by Crippen LogP contribution is 2.40. The molecule has 0 N–H and O–H groups in total. The van der Waals surface area contributed by atoms with Crippen LogP contribution in [-0.2, 0) is 5.41 Å². The average Bonchev–Trinajstić information content (AvgIpc) is 3.50. The Morgan fingerprint density at radius 2 is 1.34 bits per heavy atom.